The SMILES string of the molecule is CNCc1c(-c2ccc(C(C)C)cc2)nc(C)n1C. The molecule has 0 spiro atoms. The molecule has 1 aromatic heterocycles. The van der Waals surface area contributed by atoms with Crippen LogP contribution in [0.5, 0.6) is 0 Å². The van der Waals surface area contributed by atoms with E-state index in [9.17, 15) is 0 Å². The Morgan fingerprint density at radius 1 is 1.21 bits per heavy atom. The second-order valence-electron chi connectivity index (χ2n) is 5.32. The smallest absolute Gasteiger partial charge is 0.106 e. The molecule has 0 atom stereocenters. The minimum atomic E-state index is 0.566. The fourth-order valence-electron chi connectivity index (χ4n) is 2.28. The van der Waals surface area contributed by atoms with Crippen molar-refractivity contribution in [3.63, 3.8) is 0 Å². The Morgan fingerprint density at radius 2 is 1.84 bits per heavy atom. The molecule has 102 valence electrons. The summed E-state index contributed by atoms with van der Waals surface area (Å²) in [5, 5.41) is 3.22. The fraction of sp³-hybridized carbons (Fsp3) is 0.438. The highest BCUT2D eigenvalue weighted by Crippen LogP contribution is 2.25. The molecule has 2 rings (SSSR count). The lowest BCUT2D eigenvalue weighted by atomic mass is 10.0. The number of imidazole rings is 1. The Kier molecular flexibility index (Phi) is 4.05. The van der Waals surface area contributed by atoms with E-state index in [1.54, 1.807) is 0 Å². The molecule has 1 N–H and O–H groups in total. The summed E-state index contributed by atoms with van der Waals surface area (Å²) in [6.45, 7) is 7.31. The number of nitrogens with one attached hydrogen (secondary N) is 1. The first-order valence-corrected chi connectivity index (χ1v) is 6.81. The molecule has 2 aromatic rings. The summed E-state index contributed by atoms with van der Waals surface area (Å²) in [6.07, 6.45) is 0. The van der Waals surface area contributed by atoms with Crippen molar-refractivity contribution in [1.82, 2.24) is 14.9 Å². The van der Waals surface area contributed by atoms with Gasteiger partial charge in [0, 0.05) is 19.2 Å². The summed E-state index contributed by atoms with van der Waals surface area (Å²) in [4.78, 5) is 4.70. The highest BCUT2D eigenvalue weighted by atomic mass is 15.1. The number of aromatic nitrogens is 2. The zero-order chi connectivity index (χ0) is 14.0. The van der Waals surface area contributed by atoms with Crippen LogP contribution in [0, 0.1) is 6.92 Å². The van der Waals surface area contributed by atoms with Crippen LogP contribution in [0.15, 0.2) is 24.3 Å². The molecule has 0 saturated carbocycles. The monoisotopic (exact) mass is 257 g/mol. The molecule has 0 aliphatic heterocycles. The summed E-state index contributed by atoms with van der Waals surface area (Å²) in [6, 6.07) is 8.76. The molecule has 1 aromatic carbocycles. The van der Waals surface area contributed by atoms with Crippen LogP contribution in [0.2, 0.25) is 0 Å². The second-order valence-corrected chi connectivity index (χ2v) is 5.32. The third-order valence-electron chi connectivity index (χ3n) is 3.63. The number of aryl methyl sites for hydroxylation is 1. The maximum Gasteiger partial charge on any atom is 0.106 e. The van der Waals surface area contributed by atoms with E-state index in [4.69, 9.17) is 4.98 Å². The quantitative estimate of drug-likeness (QED) is 0.911. The molecule has 3 heteroatoms. The van der Waals surface area contributed by atoms with Crippen LogP contribution >= 0.6 is 0 Å². The molecule has 0 aliphatic rings. The van der Waals surface area contributed by atoms with Crippen molar-refractivity contribution in [2.24, 2.45) is 7.05 Å². The normalized spacial score (nSPS) is 11.3. The van der Waals surface area contributed by atoms with E-state index < -0.39 is 0 Å². The van der Waals surface area contributed by atoms with Crippen molar-refractivity contribution < 1.29 is 0 Å². The van der Waals surface area contributed by atoms with Crippen molar-refractivity contribution >= 4 is 0 Å². The minimum Gasteiger partial charge on any atom is -0.334 e. The van der Waals surface area contributed by atoms with E-state index in [1.165, 1.54) is 16.8 Å². The van der Waals surface area contributed by atoms with E-state index in [-0.39, 0.29) is 0 Å². The third-order valence-corrected chi connectivity index (χ3v) is 3.63. The van der Waals surface area contributed by atoms with Crippen LogP contribution in [0.3, 0.4) is 0 Å². The van der Waals surface area contributed by atoms with E-state index in [2.05, 4.69) is 55.0 Å². The van der Waals surface area contributed by atoms with Gasteiger partial charge < -0.3 is 9.88 Å². The highest BCUT2D eigenvalue weighted by molar-refractivity contribution is 5.63. The van der Waals surface area contributed by atoms with Gasteiger partial charge in [-0.15, -0.1) is 0 Å². The molecule has 0 unspecified atom stereocenters. The predicted octanol–water partition coefficient (Wildman–Crippen LogP) is 3.24. The summed E-state index contributed by atoms with van der Waals surface area (Å²) >= 11 is 0. The number of hydrogen-bond acceptors (Lipinski definition) is 2. The fourth-order valence-corrected chi connectivity index (χ4v) is 2.28. The van der Waals surface area contributed by atoms with Crippen molar-refractivity contribution in [2.75, 3.05) is 7.05 Å². The maximum absolute atomic E-state index is 4.70. The van der Waals surface area contributed by atoms with Gasteiger partial charge in [-0.2, -0.15) is 0 Å². The van der Waals surface area contributed by atoms with Gasteiger partial charge in [-0.25, -0.2) is 4.98 Å². The summed E-state index contributed by atoms with van der Waals surface area (Å²) in [7, 11) is 4.04. The molecule has 1 heterocycles. The number of hydrogen-bond donors (Lipinski definition) is 1. The second kappa shape index (κ2) is 5.57. The van der Waals surface area contributed by atoms with Crippen molar-refractivity contribution in [2.45, 2.75) is 33.2 Å². The molecule has 19 heavy (non-hydrogen) atoms. The first kappa shape index (κ1) is 13.8. The minimum absolute atomic E-state index is 0.566. The van der Waals surface area contributed by atoms with Gasteiger partial charge in [0.05, 0.1) is 11.4 Å². The Hall–Kier alpha value is -1.61. The van der Waals surface area contributed by atoms with Crippen LogP contribution in [-0.4, -0.2) is 16.6 Å². The molecule has 3 nitrogen and oxygen atoms in total. The molecule has 0 saturated heterocycles. The maximum atomic E-state index is 4.70. The largest absolute Gasteiger partial charge is 0.334 e. The van der Waals surface area contributed by atoms with E-state index in [0.29, 0.717) is 5.92 Å². The van der Waals surface area contributed by atoms with Crippen molar-refractivity contribution in [3.8, 4) is 11.3 Å². The van der Waals surface area contributed by atoms with Gasteiger partial charge in [-0.05, 0) is 25.5 Å². The summed E-state index contributed by atoms with van der Waals surface area (Å²) in [5.74, 6) is 1.62. The first-order chi connectivity index (χ1) is 9.04. The lowest BCUT2D eigenvalue weighted by Gasteiger charge is -2.08. The van der Waals surface area contributed by atoms with Crippen LogP contribution in [0.1, 0.15) is 36.8 Å². The first-order valence-electron chi connectivity index (χ1n) is 6.81. The zero-order valence-electron chi connectivity index (χ0n) is 12.5. The van der Waals surface area contributed by atoms with Gasteiger partial charge >= 0.3 is 0 Å². The van der Waals surface area contributed by atoms with Gasteiger partial charge in [-0.1, -0.05) is 38.1 Å². The summed E-state index contributed by atoms with van der Waals surface area (Å²) in [5.41, 5.74) is 4.88. The Morgan fingerprint density at radius 3 is 2.37 bits per heavy atom. The standard InChI is InChI=1S/C16H23N3/c1-11(2)13-6-8-14(9-7-13)16-15(10-17-4)19(5)12(3)18-16/h6-9,11,17H,10H2,1-5H3. The Balaban J connectivity index is 2.43. The van der Waals surface area contributed by atoms with Gasteiger partial charge in [0.25, 0.3) is 0 Å². The summed E-state index contributed by atoms with van der Waals surface area (Å²) < 4.78 is 2.15. The predicted molar refractivity (Wildman–Crippen MR) is 80.2 cm³/mol. The lowest BCUT2D eigenvalue weighted by molar-refractivity contribution is 0.722. The highest BCUT2D eigenvalue weighted by Gasteiger charge is 2.13. The lowest BCUT2D eigenvalue weighted by Crippen LogP contribution is -2.10. The molecule has 0 aliphatic carbocycles. The molecule has 0 fully saturated rings. The van der Waals surface area contributed by atoms with E-state index in [0.717, 1.165) is 18.1 Å². The Labute approximate surface area is 115 Å². The van der Waals surface area contributed by atoms with Crippen LogP contribution in [0.25, 0.3) is 11.3 Å². The number of benzene rings is 1. The molecule has 0 radical (unpaired) electrons. The van der Waals surface area contributed by atoms with Gasteiger partial charge in [-0.3, -0.25) is 0 Å². The van der Waals surface area contributed by atoms with E-state index >= 15 is 0 Å². The van der Waals surface area contributed by atoms with Crippen LogP contribution < -0.4 is 5.32 Å². The van der Waals surface area contributed by atoms with Crippen LogP contribution in [0.4, 0.5) is 0 Å². The average Bonchev–Trinajstić information content (AvgIpc) is 2.68. The number of rotatable bonds is 4. The molecular formula is C16H23N3. The third kappa shape index (κ3) is 2.71. The Bertz CT molecular complexity index is 550. The molecule has 0 amide bonds. The number of nitrogens with zero attached hydrogens (tertiary/aromatic N) is 2. The van der Waals surface area contributed by atoms with Gasteiger partial charge in [0.15, 0.2) is 0 Å². The zero-order valence-corrected chi connectivity index (χ0v) is 12.5. The van der Waals surface area contributed by atoms with Gasteiger partial charge in [0.1, 0.15) is 5.82 Å². The van der Waals surface area contributed by atoms with E-state index in [1.807, 2.05) is 14.0 Å². The van der Waals surface area contributed by atoms with Crippen LogP contribution in [-0.2, 0) is 13.6 Å². The van der Waals surface area contributed by atoms with Crippen molar-refractivity contribution in [3.05, 3.63) is 41.3 Å². The average molecular weight is 257 g/mol. The molecule has 0 bridgehead atoms. The topological polar surface area (TPSA) is 29.9 Å². The molecular weight excluding hydrogens is 234 g/mol. The van der Waals surface area contributed by atoms with Gasteiger partial charge in [0.2, 0.25) is 0 Å². The van der Waals surface area contributed by atoms with Crippen molar-refractivity contribution in [1.29, 1.82) is 0 Å².